The average Bonchev–Trinajstić information content (AvgIpc) is 2.25. The average molecular weight is 257 g/mol. The summed E-state index contributed by atoms with van der Waals surface area (Å²) >= 11 is 0. The number of hydrogen-bond acceptors (Lipinski definition) is 0. The van der Waals surface area contributed by atoms with Crippen molar-refractivity contribution in [2.75, 3.05) is 0 Å². The van der Waals surface area contributed by atoms with E-state index in [0.717, 1.165) is 0 Å². The van der Waals surface area contributed by atoms with Gasteiger partial charge in [0.15, 0.2) is 0 Å². The number of hydrogen-bond donors (Lipinski definition) is 0. The molecule has 1 aliphatic heterocycles. The minimum atomic E-state index is -0.949. The van der Waals surface area contributed by atoms with Crippen molar-refractivity contribution in [1.29, 1.82) is 0 Å². The van der Waals surface area contributed by atoms with E-state index >= 15 is 0 Å². The summed E-state index contributed by atoms with van der Waals surface area (Å²) in [6.07, 6.45) is 0. The van der Waals surface area contributed by atoms with Crippen LogP contribution >= 0.6 is 0 Å². The smallest absolute Gasteiger partial charge is 0.0496 e. The van der Waals surface area contributed by atoms with Crippen LogP contribution in [0.25, 0.3) is 0 Å². The fourth-order valence-corrected chi connectivity index (χ4v) is 36.2. The Kier molecular flexibility index (Phi) is 3.32. The van der Waals surface area contributed by atoms with Crippen LogP contribution in [0, 0.1) is 0 Å². The van der Waals surface area contributed by atoms with Gasteiger partial charge in [-0.3, -0.25) is 0 Å². The van der Waals surface area contributed by atoms with Crippen LogP contribution in [0.2, 0.25) is 51.4 Å². The molecule has 0 radical (unpaired) electrons. The summed E-state index contributed by atoms with van der Waals surface area (Å²) in [5, 5.41) is 0. The predicted octanol–water partition coefficient (Wildman–Crippen LogP) is 4.62. The fourth-order valence-electron chi connectivity index (χ4n) is 2.88. The van der Waals surface area contributed by atoms with Gasteiger partial charge in [-0.1, -0.05) is 50.4 Å². The molecule has 88 valence electrons. The monoisotopic (exact) mass is 256 g/mol. The molecular formula is C12H28Si3. The second kappa shape index (κ2) is 3.70. The van der Waals surface area contributed by atoms with Crippen molar-refractivity contribution in [3.8, 4) is 0 Å². The SMILES string of the molecule is CC1=C(C)C[Si](C)([Si](C)(C)[Si](C)(C)C)C1. The Balaban J connectivity index is 3.01. The number of rotatable bonds is 2. The zero-order valence-electron chi connectivity index (χ0n) is 11.9. The summed E-state index contributed by atoms with van der Waals surface area (Å²) in [6.45, 7) is 20.7. The second-order valence-electron chi connectivity index (χ2n) is 7.35. The first-order chi connectivity index (χ1) is 6.51. The molecular weight excluding hydrogens is 228 g/mol. The maximum absolute atomic E-state index is 2.71. The highest BCUT2D eigenvalue weighted by Crippen LogP contribution is 2.43. The van der Waals surface area contributed by atoms with Gasteiger partial charge in [-0.15, -0.1) is 0 Å². The van der Waals surface area contributed by atoms with Gasteiger partial charge in [-0.05, 0) is 25.9 Å². The van der Waals surface area contributed by atoms with E-state index in [1.807, 2.05) is 0 Å². The molecule has 0 saturated heterocycles. The van der Waals surface area contributed by atoms with Crippen LogP contribution in [0.5, 0.6) is 0 Å². The van der Waals surface area contributed by atoms with Crippen molar-refractivity contribution in [3.05, 3.63) is 11.1 Å². The third-order valence-electron chi connectivity index (χ3n) is 5.42. The number of allylic oxidation sites excluding steroid dienone is 2. The van der Waals surface area contributed by atoms with E-state index in [9.17, 15) is 0 Å². The molecule has 0 spiro atoms. The molecule has 1 heterocycles. The molecule has 0 unspecified atom stereocenters. The van der Waals surface area contributed by atoms with E-state index in [4.69, 9.17) is 0 Å². The Morgan fingerprint density at radius 2 is 1.20 bits per heavy atom. The van der Waals surface area contributed by atoms with E-state index in [1.165, 1.54) is 12.1 Å². The highest BCUT2D eigenvalue weighted by Gasteiger charge is 2.53. The van der Waals surface area contributed by atoms with Gasteiger partial charge < -0.3 is 0 Å². The minimum absolute atomic E-state index is 0.907. The van der Waals surface area contributed by atoms with Gasteiger partial charge in [-0.25, -0.2) is 0 Å². The lowest BCUT2D eigenvalue weighted by molar-refractivity contribution is 1.28. The predicted molar refractivity (Wildman–Crippen MR) is 80.4 cm³/mol. The van der Waals surface area contributed by atoms with Crippen LogP contribution in [0.3, 0.4) is 0 Å². The van der Waals surface area contributed by atoms with E-state index in [-0.39, 0.29) is 0 Å². The first-order valence-electron chi connectivity index (χ1n) is 6.16. The van der Waals surface area contributed by atoms with Crippen molar-refractivity contribution in [1.82, 2.24) is 0 Å². The van der Waals surface area contributed by atoms with Gasteiger partial charge in [0, 0.05) is 22.3 Å². The van der Waals surface area contributed by atoms with Crippen molar-refractivity contribution in [3.63, 3.8) is 0 Å². The normalized spacial score (nSPS) is 22.4. The van der Waals surface area contributed by atoms with Crippen LogP contribution in [0.4, 0.5) is 0 Å². The van der Waals surface area contributed by atoms with E-state index < -0.39 is 22.3 Å². The van der Waals surface area contributed by atoms with Crippen LogP contribution in [0.1, 0.15) is 13.8 Å². The van der Waals surface area contributed by atoms with Crippen LogP contribution in [0.15, 0.2) is 11.1 Å². The maximum Gasteiger partial charge on any atom is 0.0496 e. The van der Waals surface area contributed by atoms with E-state index in [2.05, 4.69) is 53.1 Å². The molecule has 15 heavy (non-hydrogen) atoms. The molecule has 0 saturated carbocycles. The topological polar surface area (TPSA) is 0 Å². The van der Waals surface area contributed by atoms with Crippen molar-refractivity contribution >= 4 is 22.3 Å². The van der Waals surface area contributed by atoms with Gasteiger partial charge in [0.2, 0.25) is 0 Å². The van der Waals surface area contributed by atoms with Crippen molar-refractivity contribution in [2.45, 2.75) is 65.2 Å². The van der Waals surface area contributed by atoms with Gasteiger partial charge >= 0.3 is 0 Å². The molecule has 0 aromatic heterocycles. The zero-order valence-corrected chi connectivity index (χ0v) is 14.9. The minimum Gasteiger partial charge on any atom is -0.0775 e. The second-order valence-corrected chi connectivity index (χ2v) is 36.0. The van der Waals surface area contributed by atoms with E-state index in [1.54, 1.807) is 11.1 Å². The highest BCUT2D eigenvalue weighted by molar-refractivity contribution is 7.68. The molecule has 1 rings (SSSR count). The molecule has 1 aliphatic rings. The largest absolute Gasteiger partial charge is 0.0775 e. The highest BCUT2D eigenvalue weighted by atomic mass is 29.6. The van der Waals surface area contributed by atoms with Crippen LogP contribution < -0.4 is 0 Å². The Morgan fingerprint density at radius 1 is 0.867 bits per heavy atom. The molecule has 0 fully saturated rings. The third kappa shape index (κ3) is 2.11. The summed E-state index contributed by atoms with van der Waals surface area (Å²) in [7, 11) is -2.80. The van der Waals surface area contributed by atoms with Gasteiger partial charge in [0.05, 0.1) is 0 Å². The van der Waals surface area contributed by atoms with Crippen molar-refractivity contribution in [2.24, 2.45) is 0 Å². The molecule has 0 aliphatic carbocycles. The standard InChI is InChI=1S/C12H28Si3/c1-11-9-15(8,10-12(11)2)14(6,7)13(3,4)5/h9-10H2,1-8H3. The Bertz CT molecular complexity index is 280. The van der Waals surface area contributed by atoms with Gasteiger partial charge in [0.25, 0.3) is 0 Å². The molecule has 0 atom stereocenters. The Labute approximate surface area is 98.8 Å². The zero-order chi connectivity index (χ0) is 12.1. The summed E-state index contributed by atoms with van der Waals surface area (Å²) in [6, 6.07) is 3.03. The molecule has 0 nitrogen and oxygen atoms in total. The Hall–Kier alpha value is 0.391. The lowest BCUT2D eigenvalue weighted by Gasteiger charge is -2.47. The summed E-state index contributed by atoms with van der Waals surface area (Å²) in [5.41, 5.74) is 3.48. The lowest BCUT2D eigenvalue weighted by atomic mass is 10.2. The first-order valence-corrected chi connectivity index (χ1v) is 17.6. The van der Waals surface area contributed by atoms with Gasteiger partial charge in [-0.2, -0.15) is 0 Å². The van der Waals surface area contributed by atoms with Crippen molar-refractivity contribution < 1.29 is 0 Å². The van der Waals surface area contributed by atoms with Crippen LogP contribution in [-0.2, 0) is 0 Å². The summed E-state index contributed by atoms with van der Waals surface area (Å²) < 4.78 is 0. The van der Waals surface area contributed by atoms with Gasteiger partial charge in [0.1, 0.15) is 0 Å². The summed E-state index contributed by atoms with van der Waals surface area (Å²) in [5.74, 6) is 0. The molecule has 0 bridgehead atoms. The quantitative estimate of drug-likeness (QED) is 0.500. The molecule has 3 heteroatoms. The molecule has 0 amide bonds. The van der Waals surface area contributed by atoms with Crippen LogP contribution in [-0.4, -0.2) is 22.3 Å². The maximum atomic E-state index is 2.71. The van der Waals surface area contributed by atoms with E-state index in [0.29, 0.717) is 0 Å². The first kappa shape index (κ1) is 13.5. The molecule has 0 aromatic carbocycles. The lowest BCUT2D eigenvalue weighted by Crippen LogP contribution is -2.69. The Morgan fingerprint density at radius 3 is 1.47 bits per heavy atom. The molecule has 0 N–H and O–H groups in total. The summed E-state index contributed by atoms with van der Waals surface area (Å²) in [4.78, 5) is 0. The fraction of sp³-hybridized carbons (Fsp3) is 0.833. The third-order valence-corrected chi connectivity index (χ3v) is 48.4. The molecule has 0 aromatic rings.